The van der Waals surface area contributed by atoms with E-state index in [-0.39, 0.29) is 18.6 Å². The Morgan fingerprint density at radius 2 is 2.07 bits per heavy atom. The Morgan fingerprint density at radius 3 is 2.50 bits per heavy atom. The quantitative estimate of drug-likeness (QED) is 0.485. The van der Waals surface area contributed by atoms with Gasteiger partial charge in [0, 0.05) is 12.8 Å². The molecule has 0 aromatic carbocycles. The van der Waals surface area contributed by atoms with Gasteiger partial charge in [-0.3, -0.25) is 4.79 Å². The van der Waals surface area contributed by atoms with E-state index in [4.69, 9.17) is 9.47 Å². The van der Waals surface area contributed by atoms with Crippen LogP contribution in [-0.2, 0) is 19.1 Å². The Kier molecular flexibility index (Phi) is 3.55. The van der Waals surface area contributed by atoms with Crippen LogP contribution in [-0.4, -0.2) is 31.1 Å². The molecule has 0 bridgehead atoms. The second-order valence-corrected chi connectivity index (χ2v) is 3.26. The molecule has 0 amide bonds. The summed E-state index contributed by atoms with van der Waals surface area (Å²) in [4.78, 5) is 22.0. The van der Waals surface area contributed by atoms with Crippen molar-refractivity contribution in [3.8, 4) is 0 Å². The number of hydrogen-bond donors (Lipinski definition) is 0. The molecule has 1 aliphatic heterocycles. The molecule has 0 N–H and O–H groups in total. The molecule has 78 valence electrons. The van der Waals surface area contributed by atoms with Gasteiger partial charge in [0.15, 0.2) is 0 Å². The zero-order valence-corrected chi connectivity index (χ0v) is 8.25. The highest BCUT2D eigenvalue weighted by Gasteiger charge is 2.43. The maximum Gasteiger partial charge on any atom is 0.233 e. The third-order valence-electron chi connectivity index (χ3n) is 2.08. The van der Waals surface area contributed by atoms with Crippen LogP contribution in [0.15, 0.2) is 12.2 Å². The summed E-state index contributed by atoms with van der Waals surface area (Å²) in [5.74, 6) is -1.51. The molecule has 4 nitrogen and oxygen atoms in total. The predicted molar refractivity (Wildman–Crippen MR) is 49.8 cm³/mol. The predicted octanol–water partition coefficient (Wildman–Crippen LogP) is 0.854. The van der Waals surface area contributed by atoms with Crippen LogP contribution in [0.2, 0.25) is 0 Å². The number of Topliss-reactive ketones (excluding diaryl/α,β-unsaturated/α-hetero) is 1. The highest BCUT2D eigenvalue weighted by Crippen LogP contribution is 2.27. The minimum atomic E-state index is -1.24. The minimum Gasteiger partial charge on any atom is -0.341 e. The van der Waals surface area contributed by atoms with Crippen molar-refractivity contribution in [3.05, 3.63) is 12.2 Å². The highest BCUT2D eigenvalue weighted by molar-refractivity contribution is 6.00. The van der Waals surface area contributed by atoms with Gasteiger partial charge in [0.05, 0.1) is 13.2 Å². The number of carbonyl (C=O) groups excluding carboxylic acids is 2. The number of carbonyl (C=O) groups is 2. The van der Waals surface area contributed by atoms with Gasteiger partial charge in [-0.1, -0.05) is 6.58 Å². The molecule has 0 aromatic rings. The van der Waals surface area contributed by atoms with Crippen molar-refractivity contribution >= 4 is 12.1 Å². The summed E-state index contributed by atoms with van der Waals surface area (Å²) in [5, 5.41) is 0. The molecule has 0 unspecified atom stereocenters. The zero-order chi connectivity index (χ0) is 10.6. The number of ketones is 1. The molecule has 1 rings (SSSR count). The van der Waals surface area contributed by atoms with Crippen molar-refractivity contribution in [2.24, 2.45) is 0 Å². The molecule has 0 spiro atoms. The molecule has 14 heavy (non-hydrogen) atoms. The van der Waals surface area contributed by atoms with E-state index in [2.05, 4.69) is 6.58 Å². The van der Waals surface area contributed by atoms with Gasteiger partial charge >= 0.3 is 0 Å². The van der Waals surface area contributed by atoms with E-state index in [9.17, 15) is 9.59 Å². The van der Waals surface area contributed by atoms with Crippen molar-refractivity contribution in [3.63, 3.8) is 0 Å². The van der Waals surface area contributed by atoms with Crippen LogP contribution in [0.3, 0.4) is 0 Å². The van der Waals surface area contributed by atoms with Gasteiger partial charge in [-0.25, -0.2) is 0 Å². The largest absolute Gasteiger partial charge is 0.341 e. The average molecular weight is 198 g/mol. The maximum atomic E-state index is 11.7. The fourth-order valence-electron chi connectivity index (χ4n) is 1.42. The van der Waals surface area contributed by atoms with E-state index in [1.807, 2.05) is 0 Å². The smallest absolute Gasteiger partial charge is 0.233 e. The molecular formula is C10H14O4. The summed E-state index contributed by atoms with van der Waals surface area (Å²) in [7, 11) is 0. The van der Waals surface area contributed by atoms with E-state index in [0.29, 0.717) is 18.8 Å². The first kappa shape index (κ1) is 11.1. The standard InChI is InChI=1S/C10H14O4/c1-8(2)9(12)10(4-3-5-11)13-6-7-14-10/h5H,1,3-4,6-7H2,2H3. The second-order valence-electron chi connectivity index (χ2n) is 3.26. The van der Waals surface area contributed by atoms with Crippen molar-refractivity contribution in [1.82, 2.24) is 0 Å². The molecule has 1 fully saturated rings. The first-order chi connectivity index (χ1) is 6.62. The summed E-state index contributed by atoms with van der Waals surface area (Å²) in [6.45, 7) is 5.94. The Labute approximate surface area is 82.9 Å². The lowest BCUT2D eigenvalue weighted by Gasteiger charge is -2.24. The van der Waals surface area contributed by atoms with Crippen LogP contribution >= 0.6 is 0 Å². The van der Waals surface area contributed by atoms with Gasteiger partial charge in [0.25, 0.3) is 0 Å². The number of hydrogen-bond acceptors (Lipinski definition) is 4. The lowest BCUT2D eigenvalue weighted by molar-refractivity contribution is -0.178. The van der Waals surface area contributed by atoms with Crippen molar-refractivity contribution in [2.75, 3.05) is 13.2 Å². The Balaban J connectivity index is 2.75. The van der Waals surface area contributed by atoms with Gasteiger partial charge < -0.3 is 14.3 Å². The SMILES string of the molecule is C=C(C)C(=O)C1(CCC=O)OCCO1. The zero-order valence-electron chi connectivity index (χ0n) is 8.25. The van der Waals surface area contributed by atoms with Gasteiger partial charge in [0.1, 0.15) is 6.29 Å². The summed E-state index contributed by atoms with van der Waals surface area (Å²) < 4.78 is 10.5. The van der Waals surface area contributed by atoms with Crippen LogP contribution < -0.4 is 0 Å². The average Bonchev–Trinajstić information content (AvgIpc) is 2.63. The number of rotatable bonds is 5. The molecular weight excluding hydrogens is 184 g/mol. The Hall–Kier alpha value is -1.00. The number of ether oxygens (including phenoxy) is 2. The molecule has 4 heteroatoms. The summed E-state index contributed by atoms with van der Waals surface area (Å²) in [6, 6.07) is 0. The van der Waals surface area contributed by atoms with Crippen LogP contribution in [0, 0.1) is 0 Å². The molecule has 0 aliphatic carbocycles. The van der Waals surface area contributed by atoms with Crippen LogP contribution in [0.5, 0.6) is 0 Å². The Morgan fingerprint density at radius 1 is 1.50 bits per heavy atom. The van der Waals surface area contributed by atoms with E-state index in [1.54, 1.807) is 6.92 Å². The summed E-state index contributed by atoms with van der Waals surface area (Å²) >= 11 is 0. The topological polar surface area (TPSA) is 52.6 Å². The van der Waals surface area contributed by atoms with Gasteiger partial charge in [0.2, 0.25) is 11.6 Å². The molecule has 1 aliphatic rings. The lowest BCUT2D eigenvalue weighted by Crippen LogP contribution is -2.40. The maximum absolute atomic E-state index is 11.7. The third kappa shape index (κ3) is 2.08. The third-order valence-corrected chi connectivity index (χ3v) is 2.08. The minimum absolute atomic E-state index is 0.249. The fraction of sp³-hybridized carbons (Fsp3) is 0.600. The normalized spacial score (nSPS) is 19.2. The lowest BCUT2D eigenvalue weighted by atomic mass is 10.0. The highest BCUT2D eigenvalue weighted by atomic mass is 16.7. The van der Waals surface area contributed by atoms with Gasteiger partial charge in [-0.05, 0) is 12.5 Å². The fourth-order valence-corrected chi connectivity index (χ4v) is 1.42. The Bertz CT molecular complexity index is 251. The molecule has 0 radical (unpaired) electrons. The van der Waals surface area contributed by atoms with Crippen LogP contribution in [0.25, 0.3) is 0 Å². The summed E-state index contributed by atoms with van der Waals surface area (Å²) in [5.41, 5.74) is 0.387. The van der Waals surface area contributed by atoms with Crippen LogP contribution in [0.4, 0.5) is 0 Å². The van der Waals surface area contributed by atoms with Crippen molar-refractivity contribution < 1.29 is 19.1 Å². The summed E-state index contributed by atoms with van der Waals surface area (Å²) in [6.07, 6.45) is 1.26. The molecule has 0 aromatic heterocycles. The molecule has 0 atom stereocenters. The van der Waals surface area contributed by atoms with E-state index in [1.165, 1.54) is 0 Å². The first-order valence-corrected chi connectivity index (χ1v) is 4.54. The molecule has 0 saturated carbocycles. The monoisotopic (exact) mass is 198 g/mol. The van der Waals surface area contributed by atoms with Gasteiger partial charge in [-0.2, -0.15) is 0 Å². The van der Waals surface area contributed by atoms with Crippen molar-refractivity contribution in [1.29, 1.82) is 0 Å². The van der Waals surface area contributed by atoms with E-state index < -0.39 is 5.79 Å². The molecule has 1 saturated heterocycles. The molecule has 1 heterocycles. The van der Waals surface area contributed by atoms with Gasteiger partial charge in [-0.15, -0.1) is 0 Å². The second kappa shape index (κ2) is 4.48. The van der Waals surface area contributed by atoms with E-state index >= 15 is 0 Å². The van der Waals surface area contributed by atoms with Crippen molar-refractivity contribution in [2.45, 2.75) is 25.6 Å². The number of aldehydes is 1. The van der Waals surface area contributed by atoms with E-state index in [0.717, 1.165) is 6.29 Å². The first-order valence-electron chi connectivity index (χ1n) is 4.54. The van der Waals surface area contributed by atoms with Crippen LogP contribution in [0.1, 0.15) is 19.8 Å².